The van der Waals surface area contributed by atoms with Crippen LogP contribution in [0, 0.1) is 5.82 Å². The van der Waals surface area contributed by atoms with Crippen LogP contribution in [-0.4, -0.2) is 14.7 Å². The molecule has 0 saturated carbocycles. The maximum Gasteiger partial charge on any atom is 0.431 e. The minimum Gasteiger partial charge on any atom is -0.508 e. The van der Waals surface area contributed by atoms with Crippen molar-refractivity contribution in [2.75, 3.05) is 0 Å². The molecule has 0 atom stereocenters. The molecule has 5 nitrogen and oxygen atoms in total. The number of hydrogen-bond acceptors (Lipinski definition) is 3. The van der Waals surface area contributed by atoms with Crippen LogP contribution in [0.15, 0.2) is 33.9 Å². The lowest BCUT2D eigenvalue weighted by Crippen LogP contribution is -2.36. The van der Waals surface area contributed by atoms with Crippen LogP contribution in [0.5, 0.6) is 5.75 Å². The topological polar surface area (TPSA) is 75.1 Å². The molecule has 0 amide bonds. The number of nitrogens with zero attached hydrogens (tertiary/aromatic N) is 1. The highest BCUT2D eigenvalue weighted by atomic mass is 19.4. The molecule has 2 N–H and O–H groups in total. The van der Waals surface area contributed by atoms with Gasteiger partial charge in [0.05, 0.1) is 5.69 Å². The number of alkyl halides is 3. The highest BCUT2D eigenvalue weighted by Crippen LogP contribution is 2.25. The van der Waals surface area contributed by atoms with E-state index in [2.05, 4.69) is 0 Å². The Labute approximate surface area is 107 Å². The minimum atomic E-state index is -4.90. The summed E-state index contributed by atoms with van der Waals surface area (Å²) in [6.07, 6.45) is -4.90. The quantitative estimate of drug-likeness (QED) is 0.779. The Hall–Kier alpha value is -2.58. The summed E-state index contributed by atoms with van der Waals surface area (Å²) in [4.78, 5) is 24.5. The van der Waals surface area contributed by atoms with Crippen molar-refractivity contribution >= 4 is 0 Å². The predicted octanol–water partition coefficient (Wildman–Crippen LogP) is 1.39. The molecule has 0 aliphatic rings. The number of nitrogens with one attached hydrogen (secondary N) is 1. The van der Waals surface area contributed by atoms with Gasteiger partial charge in [0.2, 0.25) is 0 Å². The van der Waals surface area contributed by atoms with Crippen molar-refractivity contribution < 1.29 is 22.7 Å². The monoisotopic (exact) mass is 290 g/mol. The number of phenols is 1. The summed E-state index contributed by atoms with van der Waals surface area (Å²) in [5.41, 5.74) is -4.87. The fourth-order valence-electron chi connectivity index (χ4n) is 1.55. The van der Waals surface area contributed by atoms with Gasteiger partial charge in [-0.15, -0.1) is 0 Å². The Bertz CT molecular complexity index is 745. The molecule has 0 aliphatic heterocycles. The molecule has 0 unspecified atom stereocenters. The van der Waals surface area contributed by atoms with E-state index in [0.29, 0.717) is 6.07 Å². The van der Waals surface area contributed by atoms with Gasteiger partial charge in [0, 0.05) is 12.1 Å². The lowest BCUT2D eigenvalue weighted by molar-refractivity contribution is -0.141. The van der Waals surface area contributed by atoms with Crippen molar-refractivity contribution in [3.8, 4) is 11.4 Å². The molecule has 1 aromatic carbocycles. The molecule has 9 heteroatoms. The number of halogens is 4. The van der Waals surface area contributed by atoms with E-state index in [9.17, 15) is 27.2 Å². The third-order valence-corrected chi connectivity index (χ3v) is 2.41. The van der Waals surface area contributed by atoms with Crippen LogP contribution in [0.3, 0.4) is 0 Å². The highest BCUT2D eigenvalue weighted by Gasteiger charge is 2.33. The molecule has 1 aromatic heterocycles. The average molecular weight is 290 g/mol. The third-order valence-electron chi connectivity index (χ3n) is 2.41. The van der Waals surface area contributed by atoms with E-state index in [1.165, 1.54) is 4.98 Å². The molecule has 0 saturated heterocycles. The molecule has 20 heavy (non-hydrogen) atoms. The maximum absolute atomic E-state index is 13.5. The number of hydrogen-bond donors (Lipinski definition) is 2. The minimum absolute atomic E-state index is 0.147. The number of benzene rings is 1. The second-order valence-electron chi connectivity index (χ2n) is 3.80. The Morgan fingerprint density at radius 1 is 1.15 bits per heavy atom. The van der Waals surface area contributed by atoms with Crippen LogP contribution in [0.4, 0.5) is 17.6 Å². The van der Waals surface area contributed by atoms with Gasteiger partial charge in [-0.05, 0) is 12.1 Å². The SMILES string of the molecule is O=c1cc(C(F)(F)F)[nH]c(=O)n1-c1ccc(O)cc1F. The Balaban J connectivity index is 2.71. The van der Waals surface area contributed by atoms with Crippen molar-refractivity contribution in [3.63, 3.8) is 0 Å². The normalized spacial score (nSPS) is 11.6. The van der Waals surface area contributed by atoms with E-state index in [-0.39, 0.29) is 10.6 Å². The molecule has 1 heterocycles. The van der Waals surface area contributed by atoms with Gasteiger partial charge >= 0.3 is 11.9 Å². The summed E-state index contributed by atoms with van der Waals surface area (Å²) < 4.78 is 50.9. The predicted molar refractivity (Wildman–Crippen MR) is 59.3 cm³/mol. The van der Waals surface area contributed by atoms with Gasteiger partial charge in [-0.2, -0.15) is 13.2 Å². The average Bonchev–Trinajstić information content (AvgIpc) is 2.29. The lowest BCUT2D eigenvalue weighted by Gasteiger charge is -2.09. The zero-order chi connectivity index (χ0) is 15.1. The van der Waals surface area contributed by atoms with Gasteiger partial charge in [-0.1, -0.05) is 0 Å². The fourth-order valence-corrected chi connectivity index (χ4v) is 1.55. The molecular weight excluding hydrogens is 284 g/mol. The number of H-pyrrole nitrogens is 1. The number of aromatic hydroxyl groups is 1. The lowest BCUT2D eigenvalue weighted by atomic mass is 10.3. The van der Waals surface area contributed by atoms with E-state index >= 15 is 0 Å². The Morgan fingerprint density at radius 3 is 2.30 bits per heavy atom. The van der Waals surface area contributed by atoms with Gasteiger partial charge < -0.3 is 10.1 Å². The van der Waals surface area contributed by atoms with E-state index in [4.69, 9.17) is 5.11 Å². The van der Waals surface area contributed by atoms with Crippen LogP contribution in [-0.2, 0) is 6.18 Å². The van der Waals surface area contributed by atoms with Crippen molar-refractivity contribution in [1.29, 1.82) is 0 Å². The number of rotatable bonds is 1. The molecule has 2 rings (SSSR count). The smallest absolute Gasteiger partial charge is 0.431 e. The zero-order valence-electron chi connectivity index (χ0n) is 9.53. The van der Waals surface area contributed by atoms with E-state index in [0.717, 1.165) is 12.1 Å². The van der Waals surface area contributed by atoms with Crippen molar-refractivity contribution in [1.82, 2.24) is 9.55 Å². The van der Waals surface area contributed by atoms with Crippen molar-refractivity contribution in [2.45, 2.75) is 6.18 Å². The highest BCUT2D eigenvalue weighted by molar-refractivity contribution is 5.38. The first kappa shape index (κ1) is 13.8. The fraction of sp³-hybridized carbons (Fsp3) is 0.0909. The standard InChI is InChI=1S/C11H6F4N2O3/c12-6-3-5(18)1-2-7(6)17-9(19)4-8(11(13,14)15)16-10(17)20/h1-4,18H,(H,16,20). The van der Waals surface area contributed by atoms with Crippen LogP contribution in [0.2, 0.25) is 0 Å². The molecule has 0 spiro atoms. The first-order valence-electron chi connectivity index (χ1n) is 5.12. The molecule has 0 aliphatic carbocycles. The molecule has 2 aromatic rings. The number of aromatic nitrogens is 2. The zero-order valence-corrected chi connectivity index (χ0v) is 9.53. The summed E-state index contributed by atoms with van der Waals surface area (Å²) in [6.45, 7) is 0. The van der Waals surface area contributed by atoms with Gasteiger partial charge in [-0.25, -0.2) is 13.8 Å². The molecule has 0 radical (unpaired) electrons. The van der Waals surface area contributed by atoms with Crippen LogP contribution >= 0.6 is 0 Å². The maximum atomic E-state index is 13.5. The molecular formula is C11H6F4N2O3. The first-order chi connectivity index (χ1) is 9.20. The number of phenolic OH excluding ortho intramolecular Hbond substituents is 1. The first-order valence-corrected chi connectivity index (χ1v) is 5.12. The van der Waals surface area contributed by atoms with E-state index in [1.54, 1.807) is 0 Å². The van der Waals surface area contributed by atoms with Crippen LogP contribution < -0.4 is 11.2 Å². The Kier molecular flexibility index (Phi) is 3.12. The third kappa shape index (κ3) is 2.42. The summed E-state index contributed by atoms with van der Waals surface area (Å²) in [7, 11) is 0. The van der Waals surface area contributed by atoms with Crippen molar-refractivity contribution in [3.05, 3.63) is 56.6 Å². The van der Waals surface area contributed by atoms with Gasteiger partial charge in [-0.3, -0.25) is 4.79 Å². The summed E-state index contributed by atoms with van der Waals surface area (Å²) in [5, 5.41) is 9.01. The summed E-state index contributed by atoms with van der Waals surface area (Å²) in [5.74, 6) is -1.58. The van der Waals surface area contributed by atoms with Crippen molar-refractivity contribution in [2.24, 2.45) is 0 Å². The Morgan fingerprint density at radius 2 is 1.80 bits per heavy atom. The second kappa shape index (κ2) is 4.51. The van der Waals surface area contributed by atoms with Crippen LogP contribution in [0.25, 0.3) is 5.69 Å². The molecule has 0 bridgehead atoms. The van der Waals surface area contributed by atoms with Gasteiger partial charge in [0.15, 0.2) is 5.82 Å². The van der Waals surface area contributed by atoms with Gasteiger partial charge in [0.1, 0.15) is 11.4 Å². The second-order valence-corrected chi connectivity index (χ2v) is 3.80. The summed E-state index contributed by atoms with van der Waals surface area (Å²) >= 11 is 0. The number of aromatic amines is 1. The molecule has 0 fully saturated rings. The van der Waals surface area contributed by atoms with Gasteiger partial charge in [0.25, 0.3) is 5.56 Å². The van der Waals surface area contributed by atoms with E-state index < -0.39 is 40.4 Å². The van der Waals surface area contributed by atoms with Crippen LogP contribution in [0.1, 0.15) is 5.69 Å². The van der Waals surface area contributed by atoms with E-state index in [1.807, 2.05) is 0 Å². The summed E-state index contributed by atoms with van der Waals surface area (Å²) in [6, 6.07) is 2.66. The molecule has 106 valence electrons. The largest absolute Gasteiger partial charge is 0.508 e.